The first-order chi connectivity index (χ1) is 25.4. The Bertz CT molecular complexity index is 2420. The van der Waals surface area contributed by atoms with Gasteiger partial charge in [0, 0.05) is 20.9 Å². The molecule has 19 heteroatoms. The smallest absolute Gasteiger partial charge is 0.844 e. The molecule has 0 amide bonds. The van der Waals surface area contributed by atoms with Crippen molar-refractivity contribution in [2.24, 2.45) is 0 Å². The average molecular weight is 791 g/mol. The Morgan fingerprint density at radius 3 is 1.31 bits per heavy atom. The van der Waals surface area contributed by atoms with Gasteiger partial charge in [-0.05, 0) is 59.7 Å². The van der Waals surface area contributed by atoms with Crippen LogP contribution in [0.25, 0.3) is 33.5 Å². The molecule has 0 spiro atoms. The second-order valence-corrected chi connectivity index (χ2v) is 13.7. The van der Waals surface area contributed by atoms with E-state index in [1.54, 1.807) is 60.9 Å². The maximum Gasteiger partial charge on any atom is 2.00 e. The van der Waals surface area contributed by atoms with Gasteiger partial charge in [-0.25, -0.2) is 37.4 Å². The van der Waals surface area contributed by atoms with Crippen molar-refractivity contribution in [2.45, 2.75) is 19.6 Å². The van der Waals surface area contributed by atoms with Crippen molar-refractivity contribution in [3.05, 3.63) is 122 Å². The Kier molecular flexibility index (Phi) is 14.1. The molecule has 16 nitrogen and oxygen atoms in total. The molecule has 4 N–H and O–H groups in total. The predicted molar refractivity (Wildman–Crippen MR) is 200 cm³/mol. The van der Waals surface area contributed by atoms with Crippen LogP contribution in [0.15, 0.2) is 142 Å². The Hall–Kier alpha value is -5.83. The van der Waals surface area contributed by atoms with Crippen molar-refractivity contribution < 1.29 is 39.1 Å². The van der Waals surface area contributed by atoms with Gasteiger partial charge in [0.15, 0.2) is 11.3 Å². The van der Waals surface area contributed by atoms with Crippen molar-refractivity contribution in [3.63, 3.8) is 0 Å². The monoisotopic (exact) mass is 790 g/mol. The van der Waals surface area contributed by atoms with Gasteiger partial charge in [0.1, 0.15) is 24.2 Å². The summed E-state index contributed by atoms with van der Waals surface area (Å²) < 4.78 is 38.8. The molecule has 4 aromatic heterocycles. The summed E-state index contributed by atoms with van der Waals surface area (Å²) in [5, 5.41) is 31.5. The largest absolute Gasteiger partial charge is 2.00 e. The minimum absolute atomic E-state index is 0. The van der Waals surface area contributed by atoms with Gasteiger partial charge in [-0.15, -0.1) is 0 Å². The zero-order chi connectivity index (χ0) is 36.2. The van der Waals surface area contributed by atoms with Crippen molar-refractivity contribution in [1.29, 1.82) is 0 Å². The van der Waals surface area contributed by atoms with Crippen molar-refractivity contribution in [3.8, 4) is 45.8 Å². The summed E-state index contributed by atoms with van der Waals surface area (Å²) >= 11 is 0. The zero-order valence-electron chi connectivity index (χ0n) is 29.1. The van der Waals surface area contributed by atoms with E-state index in [9.17, 15) is 18.6 Å². The molecule has 0 bridgehead atoms. The number of fused-ring (bicyclic) bond motifs is 2. The number of aromatic nitrogens is 8. The van der Waals surface area contributed by atoms with Crippen molar-refractivity contribution >= 4 is 55.9 Å². The second kappa shape index (κ2) is 18.5. The molecule has 4 heterocycles. The summed E-state index contributed by atoms with van der Waals surface area (Å²) in [6, 6.07) is 28.0. The van der Waals surface area contributed by atoms with Gasteiger partial charge in [0.05, 0.1) is 70.0 Å². The fourth-order valence-corrected chi connectivity index (χ4v) is 7.66. The normalized spacial score (nSPS) is 11.5. The van der Waals surface area contributed by atoms with Gasteiger partial charge in [-0.3, -0.25) is 0 Å². The van der Waals surface area contributed by atoms with E-state index in [0.29, 0.717) is 53.5 Å². The summed E-state index contributed by atoms with van der Waals surface area (Å²) in [5.41, 5.74) is 3.65. The van der Waals surface area contributed by atoms with E-state index in [0.717, 1.165) is 20.2 Å². The number of benzene rings is 4. The third-order valence-corrected chi connectivity index (χ3v) is 10.7. The topological polar surface area (TPSA) is 248 Å². The standard InChI is InChI=1S/2C18H14N4O3S.Mg.2H2O/c2*1-25-15-9-12(14-10-21-22-17(14)19-11-20-18(22)23)7-8-16(15)26(24)13-5-3-2-4-6-13;;;/h2*2-11H,1H3,(H,19,20,23);;2*1H2/q;;+2;;/p-2. The molecule has 8 rings (SSSR count). The number of rotatable bonds is 8. The second-order valence-electron chi connectivity index (χ2n) is 10.8. The summed E-state index contributed by atoms with van der Waals surface area (Å²) in [4.78, 5) is 18.0. The first-order valence-electron chi connectivity index (χ1n) is 15.4. The molecule has 276 valence electrons. The maximum absolute atomic E-state index is 12.8. The maximum atomic E-state index is 12.8. The van der Waals surface area contributed by atoms with E-state index in [1.807, 2.05) is 48.5 Å². The molecule has 0 aliphatic rings. The van der Waals surface area contributed by atoms with Crippen molar-refractivity contribution in [1.82, 2.24) is 39.2 Å². The Labute approximate surface area is 334 Å². The number of hydrogen-bond acceptors (Lipinski definition) is 12. The van der Waals surface area contributed by atoms with Gasteiger partial charge in [-0.1, -0.05) is 48.5 Å². The van der Waals surface area contributed by atoms with Crippen LogP contribution < -0.4 is 19.7 Å². The molecule has 0 aliphatic heterocycles. The molecule has 8 aromatic rings. The fraction of sp³-hybridized carbons (Fsp3) is 0.0556. The van der Waals surface area contributed by atoms with Crippen LogP contribution in [0.4, 0.5) is 0 Å². The van der Waals surface area contributed by atoms with E-state index >= 15 is 0 Å². The van der Waals surface area contributed by atoms with Crippen LogP contribution in [0.1, 0.15) is 0 Å². The van der Waals surface area contributed by atoms with Crippen LogP contribution in [0.2, 0.25) is 0 Å². The Balaban J connectivity index is 0.000000232. The molecule has 0 radical (unpaired) electrons. The first-order valence-corrected chi connectivity index (χ1v) is 17.7. The van der Waals surface area contributed by atoms with Crippen LogP contribution >= 0.6 is 0 Å². The Morgan fingerprint density at radius 1 is 0.564 bits per heavy atom. The third-order valence-electron chi connectivity index (χ3n) is 7.81. The molecule has 0 fully saturated rings. The average Bonchev–Trinajstić information content (AvgIpc) is 3.84. The number of hydrogen-bond donors (Lipinski definition) is 0. The minimum Gasteiger partial charge on any atom is -0.844 e. The number of ether oxygens (including phenoxy) is 2. The molecule has 0 saturated carbocycles. The number of methoxy groups -OCH3 is 2. The van der Waals surface area contributed by atoms with E-state index in [2.05, 4.69) is 30.1 Å². The predicted octanol–water partition coefficient (Wildman–Crippen LogP) is 2.05. The first kappa shape index (κ1) is 41.9. The van der Waals surface area contributed by atoms with Crippen LogP contribution in [-0.2, 0) is 21.6 Å². The third kappa shape index (κ3) is 8.46. The van der Waals surface area contributed by atoms with E-state index in [4.69, 9.17) is 9.47 Å². The molecule has 0 aliphatic carbocycles. The summed E-state index contributed by atoms with van der Waals surface area (Å²) in [6.45, 7) is 0. The molecule has 2 atom stereocenters. The number of nitrogens with zero attached hydrogens (tertiary/aromatic N) is 8. The van der Waals surface area contributed by atoms with Gasteiger partial charge >= 0.3 is 23.1 Å². The van der Waals surface area contributed by atoms with Crippen LogP contribution in [0.5, 0.6) is 23.5 Å². The summed E-state index contributed by atoms with van der Waals surface area (Å²) in [5.74, 6) is 0.973. The van der Waals surface area contributed by atoms with Crippen molar-refractivity contribution in [2.75, 3.05) is 14.2 Å². The van der Waals surface area contributed by atoms with Crippen LogP contribution in [0.3, 0.4) is 0 Å². The zero-order valence-corrected chi connectivity index (χ0v) is 32.1. The van der Waals surface area contributed by atoms with Crippen LogP contribution in [-0.4, -0.2) is 95.8 Å². The quantitative estimate of drug-likeness (QED) is 0.201. The van der Waals surface area contributed by atoms with Crippen LogP contribution in [0, 0.1) is 0 Å². The molecule has 4 aromatic carbocycles. The molecular formula is C36H30MgN8O8S2. The summed E-state index contributed by atoms with van der Waals surface area (Å²) in [6.07, 6.45) is 5.51. The molecule has 0 saturated heterocycles. The van der Waals surface area contributed by atoms with E-state index in [1.165, 1.54) is 26.9 Å². The SMILES string of the molecule is COc1cc(-c2cnn3c([O-])ncnc23)ccc1S(=O)c1ccccc1.COc1cc(-c2cnn3c([O-])ncnc23)ccc1S(=O)c1ccccc1.O.O.[Mg+2]. The van der Waals surface area contributed by atoms with Gasteiger partial charge in [-0.2, -0.15) is 10.2 Å². The van der Waals surface area contributed by atoms with E-state index < -0.39 is 33.6 Å². The Morgan fingerprint density at radius 2 is 0.945 bits per heavy atom. The fourth-order valence-electron chi connectivity index (χ4n) is 5.31. The van der Waals surface area contributed by atoms with Gasteiger partial charge in [0.2, 0.25) is 0 Å². The molecule has 2 unspecified atom stereocenters. The van der Waals surface area contributed by atoms with Gasteiger partial charge in [0.25, 0.3) is 0 Å². The molecular weight excluding hydrogens is 761 g/mol. The van der Waals surface area contributed by atoms with Gasteiger partial charge < -0.3 is 30.6 Å². The summed E-state index contributed by atoms with van der Waals surface area (Å²) in [7, 11) is 0.322. The van der Waals surface area contributed by atoms with E-state index in [-0.39, 0.29) is 34.0 Å². The molecule has 55 heavy (non-hydrogen) atoms. The minimum atomic E-state index is -1.37.